The Morgan fingerprint density at radius 2 is 1.72 bits per heavy atom. The summed E-state index contributed by atoms with van der Waals surface area (Å²) in [7, 11) is 0. The quantitative estimate of drug-likeness (QED) is 0.374. The molecule has 0 unspecified atom stereocenters. The fraction of sp³-hybridized carbons (Fsp3) is 0.300. The fourth-order valence-corrected chi connectivity index (χ4v) is 3.47. The van der Waals surface area contributed by atoms with Crippen LogP contribution in [0.15, 0.2) is 61.7 Å². The zero-order valence-electron chi connectivity index (χ0n) is 14.4. The van der Waals surface area contributed by atoms with E-state index in [9.17, 15) is 0 Å². The van der Waals surface area contributed by atoms with E-state index < -0.39 is 0 Å². The van der Waals surface area contributed by atoms with Crippen molar-refractivity contribution in [3.8, 4) is 11.5 Å². The highest BCUT2D eigenvalue weighted by Gasteiger charge is 2.06. The van der Waals surface area contributed by atoms with Crippen LogP contribution in [0.3, 0.4) is 0 Å². The molecule has 0 aliphatic rings. The van der Waals surface area contributed by atoms with Crippen LogP contribution in [0.1, 0.15) is 25.8 Å². The number of halogens is 2. The Bertz CT molecular complexity index is 695. The van der Waals surface area contributed by atoms with E-state index in [4.69, 9.17) is 9.47 Å². The van der Waals surface area contributed by atoms with E-state index in [1.54, 1.807) is 11.8 Å². The second-order valence-electron chi connectivity index (χ2n) is 5.33. The molecule has 0 aromatic heterocycles. The van der Waals surface area contributed by atoms with E-state index in [0.29, 0.717) is 13.2 Å². The number of hydrogen-bond donors (Lipinski definition) is 0. The van der Waals surface area contributed by atoms with Crippen LogP contribution in [0.25, 0.3) is 0 Å². The second kappa shape index (κ2) is 10.9. The standard InChI is InChI=1S/C20H22Br2O2S/c1-3-5-15-14-18(10-11-19(15)24-13-12-20(21)22)25-17-8-6-16(7-9-17)23-4-2/h6-12,14H,3-5,13H2,1-2H3. The molecule has 0 fully saturated rings. The highest BCUT2D eigenvalue weighted by molar-refractivity contribution is 9.28. The molecule has 0 saturated heterocycles. The van der Waals surface area contributed by atoms with Gasteiger partial charge in [-0.2, -0.15) is 0 Å². The molecule has 0 heterocycles. The summed E-state index contributed by atoms with van der Waals surface area (Å²) >= 11 is 8.45. The lowest BCUT2D eigenvalue weighted by Crippen LogP contribution is -1.98. The predicted octanol–water partition coefficient (Wildman–Crippen LogP) is 7.20. The van der Waals surface area contributed by atoms with Crippen molar-refractivity contribution in [3.63, 3.8) is 0 Å². The summed E-state index contributed by atoms with van der Waals surface area (Å²) in [5.74, 6) is 1.86. The minimum Gasteiger partial charge on any atom is -0.494 e. The van der Waals surface area contributed by atoms with Crippen molar-refractivity contribution in [2.75, 3.05) is 13.2 Å². The Morgan fingerprint density at radius 1 is 1.00 bits per heavy atom. The highest BCUT2D eigenvalue weighted by atomic mass is 79.9. The lowest BCUT2D eigenvalue weighted by atomic mass is 10.1. The topological polar surface area (TPSA) is 18.5 Å². The lowest BCUT2D eigenvalue weighted by Gasteiger charge is -2.12. The van der Waals surface area contributed by atoms with Gasteiger partial charge in [-0.25, -0.2) is 0 Å². The van der Waals surface area contributed by atoms with Gasteiger partial charge in [0.2, 0.25) is 0 Å². The second-order valence-corrected chi connectivity index (χ2v) is 9.25. The van der Waals surface area contributed by atoms with Crippen molar-refractivity contribution in [2.24, 2.45) is 0 Å². The van der Waals surface area contributed by atoms with Gasteiger partial charge in [0.05, 0.1) is 10.00 Å². The molecule has 25 heavy (non-hydrogen) atoms. The zero-order chi connectivity index (χ0) is 18.1. The van der Waals surface area contributed by atoms with Gasteiger partial charge in [-0.1, -0.05) is 25.1 Å². The maximum Gasteiger partial charge on any atom is 0.123 e. The molecule has 0 N–H and O–H groups in total. The van der Waals surface area contributed by atoms with E-state index in [1.807, 2.05) is 25.1 Å². The summed E-state index contributed by atoms with van der Waals surface area (Å²) in [6.45, 7) is 5.40. The van der Waals surface area contributed by atoms with Crippen LogP contribution in [0.2, 0.25) is 0 Å². The number of benzene rings is 2. The van der Waals surface area contributed by atoms with Crippen molar-refractivity contribution in [1.29, 1.82) is 0 Å². The molecule has 0 aliphatic heterocycles. The molecular formula is C20H22Br2O2S. The Morgan fingerprint density at radius 3 is 2.36 bits per heavy atom. The molecule has 2 aromatic rings. The average Bonchev–Trinajstić information content (AvgIpc) is 2.59. The minimum atomic E-state index is 0.536. The molecule has 2 aromatic carbocycles. The first-order valence-electron chi connectivity index (χ1n) is 8.30. The minimum absolute atomic E-state index is 0.536. The lowest BCUT2D eigenvalue weighted by molar-refractivity contribution is 0.340. The summed E-state index contributed by atoms with van der Waals surface area (Å²) in [6.07, 6.45) is 4.04. The SMILES string of the molecule is CCCc1cc(Sc2ccc(OCC)cc2)ccc1OCC=C(Br)Br. The molecular weight excluding hydrogens is 464 g/mol. The molecule has 0 aliphatic carbocycles. The summed E-state index contributed by atoms with van der Waals surface area (Å²) in [6, 6.07) is 14.6. The van der Waals surface area contributed by atoms with E-state index in [1.165, 1.54) is 15.4 Å². The molecule has 0 saturated carbocycles. The van der Waals surface area contributed by atoms with Crippen molar-refractivity contribution >= 4 is 43.6 Å². The molecule has 0 amide bonds. The van der Waals surface area contributed by atoms with Gasteiger partial charge in [0, 0.05) is 9.79 Å². The first kappa shape index (κ1) is 20.4. The van der Waals surface area contributed by atoms with Crippen LogP contribution in [0.5, 0.6) is 11.5 Å². The number of aryl methyl sites for hydroxylation is 1. The van der Waals surface area contributed by atoms with Crippen molar-refractivity contribution in [3.05, 3.63) is 57.5 Å². The van der Waals surface area contributed by atoms with Crippen molar-refractivity contribution in [2.45, 2.75) is 36.5 Å². The molecule has 5 heteroatoms. The van der Waals surface area contributed by atoms with E-state index in [-0.39, 0.29) is 0 Å². The van der Waals surface area contributed by atoms with E-state index >= 15 is 0 Å². The fourth-order valence-electron chi connectivity index (χ4n) is 2.33. The Kier molecular flexibility index (Phi) is 8.93. The third-order valence-electron chi connectivity index (χ3n) is 3.40. The van der Waals surface area contributed by atoms with Gasteiger partial charge in [-0.3, -0.25) is 0 Å². The van der Waals surface area contributed by atoms with E-state index in [0.717, 1.165) is 27.7 Å². The van der Waals surface area contributed by atoms with Gasteiger partial charge >= 0.3 is 0 Å². The normalized spacial score (nSPS) is 10.4. The first-order chi connectivity index (χ1) is 12.1. The van der Waals surface area contributed by atoms with Gasteiger partial charge in [0.1, 0.15) is 18.1 Å². The van der Waals surface area contributed by atoms with Crippen LogP contribution in [0, 0.1) is 0 Å². The van der Waals surface area contributed by atoms with E-state index in [2.05, 4.69) is 69.1 Å². The molecule has 0 spiro atoms. The van der Waals surface area contributed by atoms with Crippen molar-refractivity contribution < 1.29 is 9.47 Å². The summed E-state index contributed by atoms with van der Waals surface area (Å²) in [4.78, 5) is 2.42. The van der Waals surface area contributed by atoms with Gasteiger partial charge in [0.15, 0.2) is 0 Å². The maximum atomic E-state index is 5.89. The third-order valence-corrected chi connectivity index (χ3v) is 5.04. The molecule has 0 radical (unpaired) electrons. The third kappa shape index (κ3) is 7.08. The first-order valence-corrected chi connectivity index (χ1v) is 10.7. The summed E-state index contributed by atoms with van der Waals surface area (Å²) < 4.78 is 12.3. The van der Waals surface area contributed by atoms with Crippen LogP contribution in [-0.2, 0) is 6.42 Å². The van der Waals surface area contributed by atoms with Gasteiger partial charge < -0.3 is 9.47 Å². The van der Waals surface area contributed by atoms with Gasteiger partial charge in [0.25, 0.3) is 0 Å². The number of ether oxygens (including phenoxy) is 2. The number of hydrogen-bond acceptors (Lipinski definition) is 3. The Labute approximate surface area is 171 Å². The Hall–Kier alpha value is -0.910. The summed E-state index contributed by atoms with van der Waals surface area (Å²) in [5.41, 5.74) is 1.25. The summed E-state index contributed by atoms with van der Waals surface area (Å²) in [5, 5.41) is 0. The van der Waals surface area contributed by atoms with Gasteiger partial charge in [-0.05, 0) is 99.3 Å². The smallest absolute Gasteiger partial charge is 0.123 e. The van der Waals surface area contributed by atoms with Crippen LogP contribution < -0.4 is 9.47 Å². The van der Waals surface area contributed by atoms with Gasteiger partial charge in [-0.15, -0.1) is 0 Å². The molecule has 2 nitrogen and oxygen atoms in total. The van der Waals surface area contributed by atoms with Crippen LogP contribution in [-0.4, -0.2) is 13.2 Å². The Balaban J connectivity index is 2.10. The molecule has 0 bridgehead atoms. The van der Waals surface area contributed by atoms with Crippen LogP contribution >= 0.6 is 43.6 Å². The largest absolute Gasteiger partial charge is 0.494 e. The average molecular weight is 486 g/mol. The highest BCUT2D eigenvalue weighted by Crippen LogP contribution is 2.33. The monoisotopic (exact) mass is 484 g/mol. The maximum absolute atomic E-state index is 5.89. The zero-order valence-corrected chi connectivity index (χ0v) is 18.4. The molecule has 0 atom stereocenters. The number of rotatable bonds is 9. The van der Waals surface area contributed by atoms with Crippen molar-refractivity contribution in [1.82, 2.24) is 0 Å². The van der Waals surface area contributed by atoms with Crippen LogP contribution in [0.4, 0.5) is 0 Å². The molecule has 134 valence electrons. The molecule has 2 rings (SSSR count). The predicted molar refractivity (Wildman–Crippen MR) is 114 cm³/mol.